The predicted octanol–water partition coefficient (Wildman–Crippen LogP) is 4.80. The minimum Gasteiger partial charge on any atom is -0.489 e. The van der Waals surface area contributed by atoms with Gasteiger partial charge in [-0.25, -0.2) is 0 Å². The number of anilines is 1. The van der Waals surface area contributed by atoms with Crippen LogP contribution < -0.4 is 15.8 Å². The molecule has 3 N–H and O–H groups in total. The zero-order valence-electron chi connectivity index (χ0n) is 16.8. The third kappa shape index (κ3) is 4.39. The molecule has 4 rings (SSSR count). The van der Waals surface area contributed by atoms with Gasteiger partial charge in [0.2, 0.25) is 0 Å². The predicted molar refractivity (Wildman–Crippen MR) is 119 cm³/mol. The van der Waals surface area contributed by atoms with Crippen molar-refractivity contribution >= 4 is 28.2 Å². The van der Waals surface area contributed by atoms with Crippen molar-refractivity contribution in [1.82, 2.24) is 0 Å². The van der Waals surface area contributed by atoms with Gasteiger partial charge in [-0.15, -0.1) is 11.3 Å². The molecule has 2 amide bonds. The number of thiophene rings is 1. The Balaban J connectivity index is 1.51. The lowest BCUT2D eigenvalue weighted by Gasteiger charge is -2.18. The zero-order valence-corrected chi connectivity index (χ0v) is 17.6. The fraction of sp³-hybridized carbons (Fsp3) is 0.250. The zero-order chi connectivity index (χ0) is 21.1. The third-order valence-corrected chi connectivity index (χ3v) is 6.50. The highest BCUT2D eigenvalue weighted by molar-refractivity contribution is 7.17. The first-order chi connectivity index (χ1) is 14.5. The molecule has 0 saturated heterocycles. The molecular formula is C24H24N2O3S. The Kier molecular flexibility index (Phi) is 5.86. The van der Waals surface area contributed by atoms with Gasteiger partial charge in [0, 0.05) is 10.4 Å². The highest BCUT2D eigenvalue weighted by atomic mass is 32.1. The summed E-state index contributed by atoms with van der Waals surface area (Å²) in [5, 5.41) is 3.45. The fourth-order valence-electron chi connectivity index (χ4n) is 3.74. The number of benzene rings is 2. The first kappa shape index (κ1) is 20.2. The van der Waals surface area contributed by atoms with Crippen molar-refractivity contribution in [2.24, 2.45) is 11.7 Å². The van der Waals surface area contributed by atoms with E-state index in [9.17, 15) is 9.59 Å². The average Bonchev–Trinajstić information content (AvgIpc) is 3.10. The molecule has 0 aliphatic heterocycles. The van der Waals surface area contributed by atoms with Gasteiger partial charge in [-0.2, -0.15) is 0 Å². The number of hydrogen-bond acceptors (Lipinski definition) is 4. The van der Waals surface area contributed by atoms with Crippen LogP contribution in [0, 0.1) is 5.92 Å². The van der Waals surface area contributed by atoms with Gasteiger partial charge in [0.1, 0.15) is 17.4 Å². The van der Waals surface area contributed by atoms with Crippen molar-refractivity contribution in [3.05, 3.63) is 81.7 Å². The van der Waals surface area contributed by atoms with Gasteiger partial charge in [0.05, 0.1) is 5.56 Å². The van der Waals surface area contributed by atoms with Crippen LogP contribution in [0.15, 0.2) is 54.6 Å². The molecule has 30 heavy (non-hydrogen) atoms. The Morgan fingerprint density at radius 1 is 1.17 bits per heavy atom. The SMILES string of the molecule is CC1CCc2c(sc(NC(=O)c3cccc(OCc4ccccc4)c3)c2C(N)=O)C1. The number of rotatable bonds is 6. The second kappa shape index (κ2) is 8.71. The molecule has 0 spiro atoms. The molecule has 0 saturated carbocycles. The van der Waals surface area contributed by atoms with Crippen molar-refractivity contribution in [2.45, 2.75) is 32.8 Å². The maximum absolute atomic E-state index is 12.9. The number of nitrogens with one attached hydrogen (secondary N) is 1. The monoisotopic (exact) mass is 420 g/mol. The van der Waals surface area contributed by atoms with Crippen molar-refractivity contribution in [3.63, 3.8) is 0 Å². The minimum absolute atomic E-state index is 0.283. The normalized spacial score (nSPS) is 15.3. The summed E-state index contributed by atoms with van der Waals surface area (Å²) < 4.78 is 5.82. The highest BCUT2D eigenvalue weighted by Gasteiger charge is 2.27. The quantitative estimate of drug-likeness (QED) is 0.601. The van der Waals surface area contributed by atoms with Crippen LogP contribution in [0.1, 0.15) is 50.1 Å². The molecule has 154 valence electrons. The molecule has 2 aromatic carbocycles. The Morgan fingerprint density at radius 2 is 1.97 bits per heavy atom. The maximum Gasteiger partial charge on any atom is 0.256 e. The Hall–Kier alpha value is -3.12. The number of carbonyl (C=O) groups is 2. The number of ether oxygens (including phenoxy) is 1. The number of carbonyl (C=O) groups excluding carboxylic acids is 2. The van der Waals surface area contributed by atoms with Crippen LogP contribution in [0.25, 0.3) is 0 Å². The van der Waals surface area contributed by atoms with Gasteiger partial charge in [-0.05, 0) is 54.5 Å². The molecule has 0 bridgehead atoms. The van der Waals surface area contributed by atoms with Crippen molar-refractivity contribution < 1.29 is 14.3 Å². The molecule has 1 atom stereocenters. The van der Waals surface area contributed by atoms with Gasteiger partial charge < -0.3 is 15.8 Å². The van der Waals surface area contributed by atoms with Crippen LogP contribution in [0.4, 0.5) is 5.00 Å². The summed E-state index contributed by atoms with van der Waals surface area (Å²) in [5.41, 5.74) is 8.63. The number of amides is 2. The summed E-state index contributed by atoms with van der Waals surface area (Å²) in [7, 11) is 0. The van der Waals surface area contributed by atoms with E-state index in [2.05, 4.69) is 12.2 Å². The number of nitrogens with two attached hydrogens (primary N) is 1. The molecule has 1 aliphatic carbocycles. The van der Waals surface area contributed by atoms with E-state index < -0.39 is 5.91 Å². The Bertz CT molecular complexity index is 1080. The topological polar surface area (TPSA) is 81.4 Å². The molecule has 3 aromatic rings. The van der Waals surface area contributed by atoms with Crippen LogP contribution in [-0.2, 0) is 19.4 Å². The van der Waals surface area contributed by atoms with E-state index in [1.807, 2.05) is 36.4 Å². The Morgan fingerprint density at radius 3 is 2.73 bits per heavy atom. The largest absolute Gasteiger partial charge is 0.489 e. The third-order valence-electron chi connectivity index (χ3n) is 5.33. The number of primary amides is 1. The summed E-state index contributed by atoms with van der Waals surface area (Å²) in [4.78, 5) is 26.1. The summed E-state index contributed by atoms with van der Waals surface area (Å²) >= 11 is 1.46. The van der Waals surface area contributed by atoms with E-state index in [4.69, 9.17) is 10.5 Å². The molecular weight excluding hydrogens is 396 g/mol. The van der Waals surface area contributed by atoms with Gasteiger partial charge in [0.15, 0.2) is 0 Å². The van der Waals surface area contributed by atoms with Crippen molar-refractivity contribution in [2.75, 3.05) is 5.32 Å². The smallest absolute Gasteiger partial charge is 0.256 e. The minimum atomic E-state index is -0.489. The van der Waals surface area contributed by atoms with Crippen LogP contribution in [0.3, 0.4) is 0 Å². The van der Waals surface area contributed by atoms with E-state index >= 15 is 0 Å². The van der Waals surface area contributed by atoms with Crippen molar-refractivity contribution in [3.8, 4) is 5.75 Å². The van der Waals surface area contributed by atoms with E-state index in [-0.39, 0.29) is 5.91 Å². The highest BCUT2D eigenvalue weighted by Crippen LogP contribution is 2.39. The lowest BCUT2D eigenvalue weighted by molar-refractivity contribution is 0.1000. The van der Waals surface area contributed by atoms with Gasteiger partial charge >= 0.3 is 0 Å². The Labute approximate surface area is 179 Å². The van der Waals surface area contributed by atoms with Crippen molar-refractivity contribution in [1.29, 1.82) is 0 Å². The summed E-state index contributed by atoms with van der Waals surface area (Å²) in [5.74, 6) is 0.409. The molecule has 1 aliphatic rings. The van der Waals surface area contributed by atoms with Crippen LogP contribution in [0.5, 0.6) is 5.75 Å². The lowest BCUT2D eigenvalue weighted by atomic mass is 9.88. The summed E-state index contributed by atoms with van der Waals surface area (Å²) in [6, 6.07) is 16.9. The molecule has 1 unspecified atom stereocenters. The number of fused-ring (bicyclic) bond motifs is 1. The molecule has 6 heteroatoms. The molecule has 1 aromatic heterocycles. The van der Waals surface area contributed by atoms with E-state index in [1.165, 1.54) is 11.3 Å². The van der Waals surface area contributed by atoms with Gasteiger partial charge in [-0.1, -0.05) is 43.3 Å². The molecule has 5 nitrogen and oxygen atoms in total. The standard InChI is InChI=1S/C24H24N2O3S/c1-15-10-11-19-20(12-15)30-24(21(19)22(25)27)26-23(28)17-8-5-9-18(13-17)29-14-16-6-3-2-4-7-16/h2-9,13,15H,10-12,14H2,1H3,(H2,25,27)(H,26,28). The second-order valence-corrected chi connectivity index (χ2v) is 8.78. The van der Waals surface area contributed by atoms with Crippen LogP contribution in [-0.4, -0.2) is 11.8 Å². The van der Waals surface area contributed by atoms with Crippen LogP contribution >= 0.6 is 11.3 Å². The molecule has 0 fully saturated rings. The first-order valence-corrected chi connectivity index (χ1v) is 10.9. The average molecular weight is 421 g/mol. The molecule has 0 radical (unpaired) electrons. The maximum atomic E-state index is 12.9. The van der Waals surface area contributed by atoms with Gasteiger partial charge in [0.25, 0.3) is 11.8 Å². The molecule has 1 heterocycles. The summed E-state index contributed by atoms with van der Waals surface area (Å²) in [6.45, 7) is 2.62. The fourth-order valence-corrected chi connectivity index (χ4v) is 5.15. The lowest BCUT2D eigenvalue weighted by Crippen LogP contribution is -2.19. The first-order valence-electron chi connectivity index (χ1n) is 10.0. The van der Waals surface area contributed by atoms with Crippen LogP contribution in [0.2, 0.25) is 0 Å². The summed E-state index contributed by atoms with van der Waals surface area (Å²) in [6.07, 6.45) is 2.76. The van der Waals surface area contributed by atoms with E-state index in [1.54, 1.807) is 18.2 Å². The van der Waals surface area contributed by atoms with E-state index in [0.717, 1.165) is 35.3 Å². The number of hydrogen-bond donors (Lipinski definition) is 2. The van der Waals surface area contributed by atoms with Gasteiger partial charge in [-0.3, -0.25) is 9.59 Å². The van der Waals surface area contributed by atoms with E-state index in [0.29, 0.717) is 34.4 Å². The second-order valence-electron chi connectivity index (χ2n) is 7.68.